The predicted octanol–water partition coefficient (Wildman–Crippen LogP) is 4.67. The Balaban J connectivity index is 1.39. The molecule has 2 aliphatic rings. The molecule has 208 valence electrons. The average molecular weight is 545 g/mol. The Morgan fingerprint density at radius 1 is 1.02 bits per heavy atom. The number of carbonyl (C=O) groups excluding carboxylic acids is 1. The van der Waals surface area contributed by atoms with E-state index in [1.807, 2.05) is 37.4 Å². The van der Waals surface area contributed by atoms with Gasteiger partial charge in [-0.25, -0.2) is 9.18 Å². The lowest BCUT2D eigenvalue weighted by atomic mass is 9.68. The summed E-state index contributed by atoms with van der Waals surface area (Å²) in [5.74, 6) is 1.20. The van der Waals surface area contributed by atoms with Crippen molar-refractivity contribution in [3.63, 3.8) is 0 Å². The zero-order valence-electron chi connectivity index (χ0n) is 22.9. The van der Waals surface area contributed by atoms with Crippen LogP contribution in [-0.2, 0) is 19.0 Å². The first-order chi connectivity index (χ1) is 19.4. The van der Waals surface area contributed by atoms with Gasteiger partial charge in [-0.3, -0.25) is 4.90 Å². The lowest BCUT2D eigenvalue weighted by molar-refractivity contribution is 0.00763. The number of carbonyl (C=O) groups is 1. The van der Waals surface area contributed by atoms with Crippen LogP contribution in [-0.4, -0.2) is 66.0 Å². The van der Waals surface area contributed by atoms with Crippen molar-refractivity contribution in [3.05, 3.63) is 89.4 Å². The number of benzene rings is 3. The van der Waals surface area contributed by atoms with Crippen molar-refractivity contribution < 1.29 is 23.8 Å². The number of nitrogens with zero attached hydrogens (tertiary/aromatic N) is 3. The summed E-state index contributed by atoms with van der Waals surface area (Å²) in [6, 6.07) is 18.9. The number of likely N-dealkylation sites (tertiary alicyclic amines) is 1. The highest BCUT2D eigenvalue weighted by Gasteiger charge is 2.54. The first kappa shape index (κ1) is 26.2. The topological polar surface area (TPSA) is 79.2 Å². The molecule has 1 aromatic heterocycles. The van der Waals surface area contributed by atoms with Crippen LogP contribution in [0.5, 0.6) is 11.5 Å². The Morgan fingerprint density at radius 3 is 2.45 bits per heavy atom. The Kier molecular flexibility index (Phi) is 6.64. The number of amides is 2. The van der Waals surface area contributed by atoms with Crippen LogP contribution in [0.4, 0.5) is 14.9 Å². The Morgan fingerprint density at radius 2 is 1.75 bits per heavy atom. The minimum atomic E-state index is -0.545. The number of methoxy groups -OCH3 is 2. The fourth-order valence-electron chi connectivity index (χ4n) is 6.51. The number of halogens is 1. The standard InChI is InChI=1S/C31H33FN4O4/c1-34-26-14-24(40-3)11-12-25(26)28-29(34)27(16-37)36(30(38)33-22-9-7-21(32)8-10-22)19-31(28)17-35(18-31)15-20-5-4-6-23(13-20)39-2/h4-14,27,37H,15-19H2,1-3H3,(H,33,38)/t27-/m0/s1. The molecular weight excluding hydrogens is 511 g/mol. The quantitative estimate of drug-likeness (QED) is 0.369. The number of anilines is 1. The van der Waals surface area contributed by atoms with Gasteiger partial charge in [-0.05, 0) is 59.7 Å². The van der Waals surface area contributed by atoms with E-state index in [1.165, 1.54) is 29.8 Å². The Labute approximate surface area is 232 Å². The van der Waals surface area contributed by atoms with Crippen molar-refractivity contribution >= 4 is 22.6 Å². The highest BCUT2D eigenvalue weighted by atomic mass is 19.1. The van der Waals surface area contributed by atoms with Crippen molar-refractivity contribution in [2.24, 2.45) is 7.05 Å². The maximum absolute atomic E-state index is 13.7. The number of hydrogen-bond acceptors (Lipinski definition) is 5. The summed E-state index contributed by atoms with van der Waals surface area (Å²) in [5.41, 5.74) is 4.43. The monoisotopic (exact) mass is 544 g/mol. The van der Waals surface area contributed by atoms with E-state index in [0.717, 1.165) is 53.3 Å². The second kappa shape index (κ2) is 10.1. The molecule has 0 saturated carbocycles. The van der Waals surface area contributed by atoms with Crippen LogP contribution in [0.2, 0.25) is 0 Å². The number of aliphatic hydroxyl groups is 1. The van der Waals surface area contributed by atoms with Gasteiger partial charge in [0, 0.05) is 61.5 Å². The summed E-state index contributed by atoms with van der Waals surface area (Å²) in [5, 5.41) is 14.7. The van der Waals surface area contributed by atoms with E-state index >= 15 is 0 Å². The number of ether oxygens (including phenoxy) is 2. The van der Waals surface area contributed by atoms with Gasteiger partial charge in [-0.1, -0.05) is 12.1 Å². The van der Waals surface area contributed by atoms with Crippen LogP contribution < -0.4 is 14.8 Å². The van der Waals surface area contributed by atoms with Crippen molar-refractivity contribution in [1.82, 2.24) is 14.4 Å². The van der Waals surface area contributed by atoms with E-state index in [0.29, 0.717) is 12.2 Å². The van der Waals surface area contributed by atoms with Gasteiger partial charge < -0.3 is 29.4 Å². The maximum Gasteiger partial charge on any atom is 0.322 e. The zero-order valence-corrected chi connectivity index (χ0v) is 22.9. The largest absolute Gasteiger partial charge is 0.497 e. The lowest BCUT2D eigenvalue weighted by Crippen LogP contribution is -2.67. The van der Waals surface area contributed by atoms with E-state index in [1.54, 1.807) is 19.1 Å². The fourth-order valence-corrected chi connectivity index (χ4v) is 6.51. The molecule has 1 atom stereocenters. The summed E-state index contributed by atoms with van der Waals surface area (Å²) in [7, 11) is 5.29. The fraction of sp³-hybridized carbons (Fsp3) is 0.323. The number of aryl methyl sites for hydroxylation is 1. The van der Waals surface area contributed by atoms with E-state index in [-0.39, 0.29) is 23.9 Å². The molecule has 4 aromatic rings. The predicted molar refractivity (Wildman–Crippen MR) is 151 cm³/mol. The van der Waals surface area contributed by atoms with Crippen LogP contribution >= 0.6 is 0 Å². The summed E-state index contributed by atoms with van der Waals surface area (Å²) < 4.78 is 26.5. The highest BCUT2D eigenvalue weighted by Crippen LogP contribution is 2.50. The maximum atomic E-state index is 13.7. The summed E-state index contributed by atoms with van der Waals surface area (Å²) in [4.78, 5) is 17.8. The van der Waals surface area contributed by atoms with Gasteiger partial charge in [0.2, 0.25) is 0 Å². The normalized spacial score (nSPS) is 17.9. The molecule has 0 bridgehead atoms. The Hall–Kier alpha value is -4.08. The summed E-state index contributed by atoms with van der Waals surface area (Å²) >= 11 is 0. The number of aromatic nitrogens is 1. The molecule has 6 rings (SSSR count). The van der Waals surface area contributed by atoms with Gasteiger partial charge in [0.05, 0.1) is 32.4 Å². The molecule has 1 fully saturated rings. The number of nitrogens with one attached hydrogen (secondary N) is 1. The molecule has 2 amide bonds. The molecule has 3 aromatic carbocycles. The molecule has 0 radical (unpaired) electrons. The van der Waals surface area contributed by atoms with Crippen LogP contribution in [0.1, 0.15) is 22.9 Å². The van der Waals surface area contributed by atoms with Crippen molar-refractivity contribution in [3.8, 4) is 11.5 Å². The lowest BCUT2D eigenvalue weighted by Gasteiger charge is -2.56. The highest BCUT2D eigenvalue weighted by molar-refractivity contribution is 5.92. The van der Waals surface area contributed by atoms with Crippen molar-refractivity contribution in [1.29, 1.82) is 0 Å². The molecule has 3 heterocycles. The van der Waals surface area contributed by atoms with Crippen LogP contribution in [0.15, 0.2) is 66.7 Å². The van der Waals surface area contributed by atoms with Crippen molar-refractivity contribution in [2.45, 2.75) is 18.0 Å². The third kappa shape index (κ3) is 4.35. The number of fused-ring (bicyclic) bond motifs is 4. The van der Waals surface area contributed by atoms with Gasteiger partial charge in [-0.15, -0.1) is 0 Å². The van der Waals surface area contributed by atoms with Gasteiger partial charge >= 0.3 is 6.03 Å². The van der Waals surface area contributed by atoms with Crippen LogP contribution in [0, 0.1) is 5.82 Å². The molecule has 40 heavy (non-hydrogen) atoms. The Bertz CT molecular complexity index is 1560. The van der Waals surface area contributed by atoms with Crippen molar-refractivity contribution in [2.75, 3.05) is 45.8 Å². The minimum absolute atomic E-state index is 0.227. The van der Waals surface area contributed by atoms with Crippen LogP contribution in [0.3, 0.4) is 0 Å². The van der Waals surface area contributed by atoms with E-state index in [9.17, 15) is 14.3 Å². The summed E-state index contributed by atoms with van der Waals surface area (Å²) in [6.45, 7) is 2.48. The smallest absolute Gasteiger partial charge is 0.322 e. The second-order valence-corrected chi connectivity index (χ2v) is 10.7. The third-order valence-corrected chi connectivity index (χ3v) is 8.27. The summed E-state index contributed by atoms with van der Waals surface area (Å²) in [6.07, 6.45) is 0. The van der Waals surface area contributed by atoms with E-state index in [2.05, 4.69) is 26.9 Å². The molecule has 9 heteroatoms. The molecule has 1 saturated heterocycles. The first-order valence-electron chi connectivity index (χ1n) is 13.3. The molecule has 2 N–H and O–H groups in total. The number of rotatable bonds is 6. The average Bonchev–Trinajstić information content (AvgIpc) is 3.25. The zero-order chi connectivity index (χ0) is 28.0. The van der Waals surface area contributed by atoms with Crippen LogP contribution in [0.25, 0.3) is 10.9 Å². The van der Waals surface area contributed by atoms with Gasteiger partial charge in [0.15, 0.2) is 0 Å². The molecule has 2 aliphatic heterocycles. The molecule has 8 nitrogen and oxygen atoms in total. The first-order valence-corrected chi connectivity index (χ1v) is 13.3. The van der Waals surface area contributed by atoms with Gasteiger partial charge in [0.1, 0.15) is 17.3 Å². The third-order valence-electron chi connectivity index (χ3n) is 8.27. The molecule has 0 unspecified atom stereocenters. The second-order valence-electron chi connectivity index (χ2n) is 10.7. The van der Waals surface area contributed by atoms with Gasteiger partial charge in [0.25, 0.3) is 0 Å². The van der Waals surface area contributed by atoms with E-state index in [4.69, 9.17) is 9.47 Å². The molecule has 1 spiro atoms. The number of hydrogen-bond donors (Lipinski definition) is 2. The minimum Gasteiger partial charge on any atom is -0.497 e. The number of urea groups is 1. The SMILES string of the molecule is COc1cccc(CN2CC3(C2)CN(C(=O)Nc2ccc(F)cc2)[C@@H](CO)c2c3c3ccc(OC)cc3n2C)c1. The van der Waals surface area contributed by atoms with Gasteiger partial charge in [-0.2, -0.15) is 0 Å². The van der Waals surface area contributed by atoms with E-state index < -0.39 is 6.04 Å². The number of aliphatic hydroxyl groups excluding tert-OH is 1. The molecular formula is C31H33FN4O4. The molecule has 0 aliphatic carbocycles.